The molecule has 5 nitrogen and oxygen atoms in total. The van der Waals surface area contributed by atoms with Crippen LogP contribution in [0.15, 0.2) is 47.3 Å². The Morgan fingerprint density at radius 2 is 2.07 bits per heavy atom. The smallest absolute Gasteiger partial charge is 0.326 e. The van der Waals surface area contributed by atoms with Crippen molar-refractivity contribution in [3.05, 3.63) is 69.9 Å². The van der Waals surface area contributed by atoms with Crippen molar-refractivity contribution in [1.29, 1.82) is 0 Å². The molecule has 1 unspecified atom stereocenters. The molecule has 2 N–H and O–H groups in total. The van der Waals surface area contributed by atoms with Crippen LogP contribution in [-0.4, -0.2) is 22.0 Å². The first kappa shape index (κ1) is 18.5. The zero-order valence-electron chi connectivity index (χ0n) is 15.9. The maximum atomic E-state index is 13.6. The number of aromatic amines is 1. The number of amides is 1. The van der Waals surface area contributed by atoms with E-state index in [1.54, 1.807) is 17.6 Å². The van der Waals surface area contributed by atoms with E-state index in [-0.39, 0.29) is 23.3 Å². The van der Waals surface area contributed by atoms with Gasteiger partial charge < -0.3 is 10.3 Å². The molecular weight excluding hydrogens is 357 g/mol. The lowest BCUT2D eigenvalue weighted by Crippen LogP contribution is -2.31. The largest absolute Gasteiger partial charge is 0.354 e. The van der Waals surface area contributed by atoms with Gasteiger partial charge in [-0.05, 0) is 60.9 Å². The monoisotopic (exact) mass is 381 g/mol. The summed E-state index contributed by atoms with van der Waals surface area (Å²) < 4.78 is 15.2. The minimum Gasteiger partial charge on any atom is -0.354 e. The third kappa shape index (κ3) is 3.86. The highest BCUT2D eigenvalue weighted by atomic mass is 19.1. The molecule has 0 saturated heterocycles. The quantitative estimate of drug-likeness (QED) is 0.658. The van der Waals surface area contributed by atoms with Crippen molar-refractivity contribution in [2.24, 2.45) is 5.92 Å². The van der Waals surface area contributed by atoms with E-state index >= 15 is 0 Å². The minimum absolute atomic E-state index is 0.0354. The van der Waals surface area contributed by atoms with Crippen molar-refractivity contribution in [3.63, 3.8) is 0 Å². The Hall–Kier alpha value is -2.89. The number of hydrogen-bond acceptors (Lipinski definition) is 2. The number of nitrogens with one attached hydrogen (secondary N) is 2. The maximum Gasteiger partial charge on any atom is 0.326 e. The molecule has 1 aliphatic rings. The Balaban J connectivity index is 1.38. The number of H-pyrrole nitrogens is 1. The highest BCUT2D eigenvalue weighted by molar-refractivity contribution is 5.77. The molecule has 0 aliphatic heterocycles. The van der Waals surface area contributed by atoms with E-state index in [0.717, 1.165) is 29.4 Å². The van der Waals surface area contributed by atoms with Gasteiger partial charge in [-0.2, -0.15) is 0 Å². The van der Waals surface area contributed by atoms with Crippen LogP contribution in [0.2, 0.25) is 0 Å². The number of rotatable bonds is 7. The molecule has 1 aliphatic carbocycles. The van der Waals surface area contributed by atoms with Crippen LogP contribution in [-0.2, 0) is 11.3 Å². The second kappa shape index (κ2) is 7.62. The fraction of sp³-hybridized carbons (Fsp3) is 0.364. The molecule has 1 aromatic heterocycles. The molecule has 1 heterocycles. The number of para-hydroxylation sites is 2. The lowest BCUT2D eigenvalue weighted by Gasteiger charge is -2.17. The fourth-order valence-corrected chi connectivity index (χ4v) is 3.86. The van der Waals surface area contributed by atoms with Crippen molar-refractivity contribution >= 4 is 16.9 Å². The zero-order chi connectivity index (χ0) is 19.7. The van der Waals surface area contributed by atoms with E-state index in [2.05, 4.69) is 10.3 Å². The fourth-order valence-electron chi connectivity index (χ4n) is 3.86. The van der Waals surface area contributed by atoms with Crippen molar-refractivity contribution < 1.29 is 9.18 Å². The van der Waals surface area contributed by atoms with E-state index in [1.807, 2.05) is 30.3 Å². The van der Waals surface area contributed by atoms with Crippen molar-refractivity contribution in [1.82, 2.24) is 14.9 Å². The Morgan fingerprint density at radius 1 is 1.29 bits per heavy atom. The Kier molecular flexibility index (Phi) is 5.03. The molecule has 1 atom stereocenters. The second-order valence-corrected chi connectivity index (χ2v) is 7.61. The van der Waals surface area contributed by atoms with Gasteiger partial charge in [0, 0.05) is 19.5 Å². The van der Waals surface area contributed by atoms with E-state index in [4.69, 9.17) is 0 Å². The molecule has 3 aromatic rings. The van der Waals surface area contributed by atoms with Crippen LogP contribution in [0.4, 0.5) is 4.39 Å². The lowest BCUT2D eigenvalue weighted by atomic mass is 9.89. The van der Waals surface area contributed by atoms with Crippen LogP contribution < -0.4 is 11.0 Å². The number of benzene rings is 2. The van der Waals surface area contributed by atoms with Crippen LogP contribution >= 0.6 is 0 Å². The number of nitrogens with zero attached hydrogens (tertiary/aromatic N) is 1. The van der Waals surface area contributed by atoms with Gasteiger partial charge in [-0.25, -0.2) is 9.18 Å². The minimum atomic E-state index is -0.216. The highest BCUT2D eigenvalue weighted by Gasteiger charge is 2.33. The van der Waals surface area contributed by atoms with Crippen LogP contribution in [0.25, 0.3) is 11.0 Å². The van der Waals surface area contributed by atoms with Gasteiger partial charge in [0.05, 0.1) is 11.0 Å². The maximum absolute atomic E-state index is 13.6. The highest BCUT2D eigenvalue weighted by Crippen LogP contribution is 2.44. The second-order valence-electron chi connectivity index (χ2n) is 7.61. The summed E-state index contributed by atoms with van der Waals surface area (Å²) in [7, 11) is 0. The average Bonchev–Trinajstić information content (AvgIpc) is 3.46. The molecule has 28 heavy (non-hydrogen) atoms. The normalized spacial score (nSPS) is 14.9. The molecule has 2 aromatic carbocycles. The molecule has 146 valence electrons. The van der Waals surface area contributed by atoms with E-state index in [9.17, 15) is 14.0 Å². The van der Waals surface area contributed by atoms with Crippen molar-refractivity contribution in [2.75, 3.05) is 6.54 Å². The molecule has 6 heteroatoms. The van der Waals surface area contributed by atoms with Gasteiger partial charge in [0.15, 0.2) is 0 Å². The Bertz CT molecular complexity index is 1070. The predicted octanol–water partition coefficient (Wildman–Crippen LogP) is 3.48. The number of imidazole rings is 1. The molecule has 1 amide bonds. The van der Waals surface area contributed by atoms with Gasteiger partial charge in [0.25, 0.3) is 0 Å². The number of aromatic nitrogens is 2. The number of carbonyl (C=O) groups is 1. The first-order valence-electron chi connectivity index (χ1n) is 9.73. The lowest BCUT2D eigenvalue weighted by molar-refractivity contribution is -0.121. The third-order valence-electron chi connectivity index (χ3n) is 5.55. The number of halogens is 1. The zero-order valence-corrected chi connectivity index (χ0v) is 15.9. The van der Waals surface area contributed by atoms with E-state index in [1.165, 1.54) is 6.07 Å². The van der Waals surface area contributed by atoms with Gasteiger partial charge in [-0.15, -0.1) is 0 Å². The SMILES string of the molecule is Cc1cc(C(CC(=O)NCCn2c(=O)[nH]c3ccccc32)C2CC2)ccc1F. The standard InChI is InChI=1S/C22H24FN3O2/c1-14-12-16(8-9-18(14)23)17(15-6-7-15)13-21(27)24-10-11-26-20-5-3-2-4-19(20)25-22(26)28/h2-5,8-9,12,15,17H,6-7,10-11,13H2,1H3,(H,24,27)(H,25,28). The summed E-state index contributed by atoms with van der Waals surface area (Å²) in [4.78, 5) is 27.4. The molecule has 1 saturated carbocycles. The van der Waals surface area contributed by atoms with Crippen LogP contribution in [0.1, 0.15) is 36.3 Å². The van der Waals surface area contributed by atoms with Gasteiger partial charge in [0.2, 0.25) is 5.91 Å². The predicted molar refractivity (Wildman–Crippen MR) is 107 cm³/mol. The first-order chi connectivity index (χ1) is 13.5. The molecule has 0 spiro atoms. The summed E-state index contributed by atoms with van der Waals surface area (Å²) in [6.45, 7) is 2.56. The van der Waals surface area contributed by atoms with Crippen LogP contribution in [0, 0.1) is 18.7 Å². The molecule has 4 rings (SSSR count). The summed E-state index contributed by atoms with van der Waals surface area (Å²) in [5.74, 6) is 0.362. The Morgan fingerprint density at radius 3 is 2.82 bits per heavy atom. The van der Waals surface area contributed by atoms with Gasteiger partial charge in [-0.1, -0.05) is 24.3 Å². The van der Waals surface area contributed by atoms with E-state index < -0.39 is 0 Å². The van der Waals surface area contributed by atoms with Crippen LogP contribution in [0.5, 0.6) is 0 Å². The summed E-state index contributed by atoms with van der Waals surface area (Å²) in [6, 6.07) is 12.6. The topological polar surface area (TPSA) is 66.9 Å². The average molecular weight is 381 g/mol. The Labute approximate surface area is 162 Å². The van der Waals surface area contributed by atoms with E-state index in [0.29, 0.717) is 31.0 Å². The van der Waals surface area contributed by atoms with Gasteiger partial charge in [-0.3, -0.25) is 9.36 Å². The molecular formula is C22H24FN3O2. The summed E-state index contributed by atoms with van der Waals surface area (Å²) >= 11 is 0. The number of fused-ring (bicyclic) bond motifs is 1. The first-order valence-corrected chi connectivity index (χ1v) is 9.73. The number of hydrogen-bond donors (Lipinski definition) is 2. The number of aryl methyl sites for hydroxylation is 1. The number of carbonyl (C=O) groups excluding carboxylic acids is 1. The summed E-state index contributed by atoms with van der Waals surface area (Å²) in [5.41, 5.74) is 3.10. The molecule has 0 radical (unpaired) electrons. The van der Waals surface area contributed by atoms with Crippen LogP contribution in [0.3, 0.4) is 0 Å². The van der Waals surface area contributed by atoms with Crippen molar-refractivity contribution in [2.45, 2.75) is 38.6 Å². The van der Waals surface area contributed by atoms with Crippen molar-refractivity contribution in [3.8, 4) is 0 Å². The van der Waals surface area contributed by atoms with Gasteiger partial charge in [0.1, 0.15) is 5.82 Å². The van der Waals surface area contributed by atoms with Gasteiger partial charge >= 0.3 is 5.69 Å². The molecule has 1 fully saturated rings. The third-order valence-corrected chi connectivity index (χ3v) is 5.55. The molecule has 0 bridgehead atoms. The summed E-state index contributed by atoms with van der Waals surface area (Å²) in [5, 5.41) is 2.94. The summed E-state index contributed by atoms with van der Waals surface area (Å²) in [6.07, 6.45) is 2.61.